The van der Waals surface area contributed by atoms with Crippen LogP contribution in [0.3, 0.4) is 0 Å². The van der Waals surface area contributed by atoms with E-state index in [1.165, 1.54) is 0 Å². The van der Waals surface area contributed by atoms with E-state index < -0.39 is 5.41 Å². The smallest absolute Gasteiger partial charge is 0.231 e. The molecule has 6 nitrogen and oxygen atoms in total. The third-order valence-electron chi connectivity index (χ3n) is 5.52. The highest BCUT2D eigenvalue weighted by atomic mass is 16.7. The number of carbonyl (C=O) groups excluding carboxylic acids is 1. The number of benzene rings is 1. The Morgan fingerprint density at radius 1 is 1.00 bits per heavy atom. The van der Waals surface area contributed by atoms with Crippen LogP contribution in [0.2, 0.25) is 0 Å². The number of hydrogen-bond donors (Lipinski definition) is 0. The van der Waals surface area contributed by atoms with Gasteiger partial charge >= 0.3 is 0 Å². The topological polar surface area (TPSA) is 58.9 Å². The van der Waals surface area contributed by atoms with Gasteiger partial charge in [0.2, 0.25) is 6.79 Å². The second-order valence-corrected chi connectivity index (χ2v) is 6.74. The van der Waals surface area contributed by atoms with Crippen LogP contribution in [0, 0.1) is 0 Å². The van der Waals surface area contributed by atoms with Gasteiger partial charge in [-0.05, 0) is 18.6 Å². The van der Waals surface area contributed by atoms with E-state index in [0.29, 0.717) is 29.6 Å². The molecule has 2 aromatic rings. The summed E-state index contributed by atoms with van der Waals surface area (Å²) in [5, 5.41) is 0. The molecule has 1 aromatic heterocycles. The van der Waals surface area contributed by atoms with Gasteiger partial charge in [0, 0.05) is 36.0 Å². The van der Waals surface area contributed by atoms with Crippen LogP contribution in [0.5, 0.6) is 17.2 Å². The van der Waals surface area contributed by atoms with E-state index in [2.05, 4.69) is 4.57 Å². The van der Waals surface area contributed by atoms with Crippen LogP contribution in [0.4, 0.5) is 0 Å². The zero-order valence-corrected chi connectivity index (χ0v) is 13.4. The summed E-state index contributed by atoms with van der Waals surface area (Å²) in [4.78, 5) is 13.2. The molecule has 1 atom stereocenters. The van der Waals surface area contributed by atoms with Crippen molar-refractivity contribution >= 4 is 11.5 Å². The molecule has 0 radical (unpaired) electrons. The standard InChI is InChI=1S/C19H15NO5/c21-17-8-16-18-11(2-4-20(18)3-1-5-22-16)19(17)9-23-13-7-15-14(6-12(13)19)24-10-25-15/h2,4,6-8H,1,3,5,9-10H2. The van der Waals surface area contributed by atoms with Crippen LogP contribution in [0.25, 0.3) is 5.76 Å². The molecule has 25 heavy (non-hydrogen) atoms. The summed E-state index contributed by atoms with van der Waals surface area (Å²) in [6.45, 7) is 1.98. The lowest BCUT2D eigenvalue weighted by atomic mass is 9.70. The molecule has 0 amide bonds. The minimum atomic E-state index is -0.839. The number of aromatic nitrogens is 1. The number of ketones is 1. The van der Waals surface area contributed by atoms with Crippen molar-refractivity contribution in [3.63, 3.8) is 0 Å². The van der Waals surface area contributed by atoms with Crippen molar-refractivity contribution in [2.45, 2.75) is 18.4 Å². The molecule has 1 aromatic carbocycles. The van der Waals surface area contributed by atoms with E-state index in [4.69, 9.17) is 18.9 Å². The molecule has 0 saturated carbocycles. The Kier molecular flexibility index (Phi) is 2.35. The van der Waals surface area contributed by atoms with Gasteiger partial charge in [-0.15, -0.1) is 0 Å². The fourth-order valence-electron chi connectivity index (χ4n) is 4.31. The molecule has 4 heterocycles. The largest absolute Gasteiger partial charge is 0.491 e. The van der Waals surface area contributed by atoms with Gasteiger partial charge in [0.15, 0.2) is 17.3 Å². The van der Waals surface area contributed by atoms with Crippen molar-refractivity contribution in [2.75, 3.05) is 20.0 Å². The molecule has 6 heteroatoms. The van der Waals surface area contributed by atoms with Crippen molar-refractivity contribution in [3.8, 4) is 17.2 Å². The average molecular weight is 337 g/mol. The number of aryl methyl sites for hydroxylation is 1. The summed E-state index contributed by atoms with van der Waals surface area (Å²) >= 11 is 0. The molecule has 1 aliphatic carbocycles. The molecule has 0 bridgehead atoms. The second kappa shape index (κ2) is 4.39. The van der Waals surface area contributed by atoms with Crippen LogP contribution < -0.4 is 14.2 Å². The van der Waals surface area contributed by atoms with Crippen LogP contribution in [-0.2, 0) is 21.5 Å². The Labute approximate surface area is 143 Å². The lowest BCUT2D eigenvalue weighted by Gasteiger charge is -2.30. The SMILES string of the molecule is O=C1C=C2OCCCn3ccc(c32)C12COc1cc3c(cc12)OCO3. The summed E-state index contributed by atoms with van der Waals surface area (Å²) in [5.41, 5.74) is 1.95. The van der Waals surface area contributed by atoms with Crippen LogP contribution in [0.1, 0.15) is 23.2 Å². The Balaban J connectivity index is 1.63. The van der Waals surface area contributed by atoms with E-state index in [9.17, 15) is 4.79 Å². The first-order valence-corrected chi connectivity index (χ1v) is 8.43. The first-order chi connectivity index (χ1) is 12.3. The van der Waals surface area contributed by atoms with Crippen LogP contribution in [0.15, 0.2) is 30.5 Å². The van der Waals surface area contributed by atoms with Gasteiger partial charge in [0.05, 0.1) is 12.3 Å². The van der Waals surface area contributed by atoms with E-state index in [1.54, 1.807) is 6.08 Å². The molecule has 126 valence electrons. The normalized spacial score (nSPS) is 25.0. The van der Waals surface area contributed by atoms with Crippen LogP contribution >= 0.6 is 0 Å². The third kappa shape index (κ3) is 1.52. The zero-order valence-electron chi connectivity index (χ0n) is 13.4. The Morgan fingerprint density at radius 2 is 1.88 bits per heavy atom. The Bertz CT molecular complexity index is 972. The monoisotopic (exact) mass is 337 g/mol. The number of allylic oxidation sites excluding steroid dienone is 1. The Morgan fingerprint density at radius 3 is 2.80 bits per heavy atom. The summed E-state index contributed by atoms with van der Waals surface area (Å²) in [5.74, 6) is 2.67. The van der Waals surface area contributed by atoms with Gasteiger partial charge in [-0.2, -0.15) is 0 Å². The van der Waals surface area contributed by atoms with E-state index in [1.807, 2.05) is 24.4 Å². The van der Waals surface area contributed by atoms with Crippen molar-refractivity contribution < 1.29 is 23.7 Å². The molecular formula is C19H15NO5. The van der Waals surface area contributed by atoms with Crippen molar-refractivity contribution in [2.24, 2.45) is 0 Å². The van der Waals surface area contributed by atoms with E-state index >= 15 is 0 Å². The second-order valence-electron chi connectivity index (χ2n) is 6.74. The predicted octanol–water partition coefficient (Wildman–Crippen LogP) is 2.24. The quantitative estimate of drug-likeness (QED) is 0.738. The summed E-state index contributed by atoms with van der Waals surface area (Å²) in [6.07, 6.45) is 4.59. The average Bonchev–Trinajstić information content (AvgIpc) is 3.29. The van der Waals surface area contributed by atoms with Gasteiger partial charge < -0.3 is 23.5 Å². The highest BCUT2D eigenvalue weighted by Crippen LogP contribution is 2.53. The van der Waals surface area contributed by atoms with Gasteiger partial charge in [0.25, 0.3) is 0 Å². The summed E-state index contributed by atoms with van der Waals surface area (Å²) in [7, 11) is 0. The number of carbonyl (C=O) groups is 1. The maximum absolute atomic E-state index is 13.2. The first-order valence-electron chi connectivity index (χ1n) is 8.43. The molecule has 4 aliphatic rings. The van der Waals surface area contributed by atoms with E-state index in [0.717, 1.165) is 29.8 Å². The third-order valence-corrected chi connectivity index (χ3v) is 5.52. The number of fused-ring (bicyclic) bond motifs is 4. The van der Waals surface area contributed by atoms with Gasteiger partial charge in [-0.25, -0.2) is 0 Å². The molecule has 0 N–H and O–H groups in total. The maximum atomic E-state index is 13.2. The fraction of sp³-hybridized carbons (Fsp3) is 0.316. The molecular weight excluding hydrogens is 322 g/mol. The summed E-state index contributed by atoms with van der Waals surface area (Å²) < 4.78 is 24.9. The van der Waals surface area contributed by atoms with Gasteiger partial charge in [-0.3, -0.25) is 4.79 Å². The molecule has 1 unspecified atom stereocenters. The molecule has 1 spiro atoms. The first kappa shape index (κ1) is 13.4. The summed E-state index contributed by atoms with van der Waals surface area (Å²) in [6, 6.07) is 5.74. The molecule has 0 saturated heterocycles. The lowest BCUT2D eigenvalue weighted by molar-refractivity contribution is -0.119. The minimum absolute atomic E-state index is 0.00716. The predicted molar refractivity (Wildman–Crippen MR) is 86.8 cm³/mol. The fourth-order valence-corrected chi connectivity index (χ4v) is 4.31. The number of rotatable bonds is 0. The van der Waals surface area contributed by atoms with Gasteiger partial charge in [0.1, 0.15) is 23.5 Å². The number of nitrogens with zero attached hydrogens (tertiary/aromatic N) is 1. The van der Waals surface area contributed by atoms with Crippen molar-refractivity contribution in [1.82, 2.24) is 4.57 Å². The van der Waals surface area contributed by atoms with E-state index in [-0.39, 0.29) is 19.2 Å². The molecule has 0 fully saturated rings. The highest BCUT2D eigenvalue weighted by Gasteiger charge is 2.53. The van der Waals surface area contributed by atoms with Crippen LogP contribution in [-0.4, -0.2) is 30.4 Å². The highest BCUT2D eigenvalue weighted by molar-refractivity contribution is 6.10. The number of hydrogen-bond acceptors (Lipinski definition) is 5. The zero-order chi connectivity index (χ0) is 16.6. The van der Waals surface area contributed by atoms with Crippen molar-refractivity contribution in [1.29, 1.82) is 0 Å². The number of ether oxygens (including phenoxy) is 4. The van der Waals surface area contributed by atoms with Gasteiger partial charge in [-0.1, -0.05) is 0 Å². The Hall–Kier alpha value is -2.89. The minimum Gasteiger partial charge on any atom is -0.491 e. The van der Waals surface area contributed by atoms with Crippen molar-refractivity contribution in [3.05, 3.63) is 47.3 Å². The molecule has 3 aliphatic heterocycles. The molecule has 6 rings (SSSR count). The lowest BCUT2D eigenvalue weighted by Crippen LogP contribution is -2.40. The maximum Gasteiger partial charge on any atom is 0.231 e.